The molecule has 1 aliphatic carbocycles. The summed E-state index contributed by atoms with van der Waals surface area (Å²) in [6.07, 6.45) is 6.55. The fraction of sp³-hybridized carbons (Fsp3) is 0.462. The van der Waals surface area contributed by atoms with Crippen molar-refractivity contribution in [2.24, 2.45) is 5.92 Å². The highest BCUT2D eigenvalue weighted by Gasteiger charge is 2.30. The van der Waals surface area contributed by atoms with Crippen LogP contribution < -0.4 is 15.5 Å². The molecule has 1 aromatic carbocycles. The number of amides is 2. The first-order valence-electron chi connectivity index (χ1n) is 12.0. The van der Waals surface area contributed by atoms with Crippen LogP contribution in [0.1, 0.15) is 56.4 Å². The van der Waals surface area contributed by atoms with Gasteiger partial charge in [-0.05, 0) is 67.7 Å². The zero-order valence-corrected chi connectivity index (χ0v) is 19.3. The van der Waals surface area contributed by atoms with Crippen LogP contribution in [-0.2, 0) is 14.4 Å². The Hall–Kier alpha value is -3.42. The van der Waals surface area contributed by atoms with Gasteiger partial charge in [0.05, 0.1) is 6.42 Å². The van der Waals surface area contributed by atoms with Crippen molar-refractivity contribution < 1.29 is 19.5 Å². The van der Waals surface area contributed by atoms with Crippen LogP contribution in [0.5, 0.6) is 0 Å². The van der Waals surface area contributed by atoms with Crippen LogP contribution in [0, 0.1) is 5.92 Å². The number of anilines is 2. The molecule has 2 amide bonds. The van der Waals surface area contributed by atoms with Gasteiger partial charge in [0.2, 0.25) is 11.8 Å². The van der Waals surface area contributed by atoms with Crippen molar-refractivity contribution in [3.05, 3.63) is 54.2 Å². The van der Waals surface area contributed by atoms with Crippen molar-refractivity contribution in [1.82, 2.24) is 10.3 Å². The Labute approximate surface area is 199 Å². The average Bonchev–Trinajstić information content (AvgIpc) is 2.96. The summed E-state index contributed by atoms with van der Waals surface area (Å²) in [6, 6.07) is 13.6. The number of pyridine rings is 1. The lowest BCUT2D eigenvalue weighted by Crippen LogP contribution is -2.42. The molecule has 0 bridgehead atoms. The third kappa shape index (κ3) is 6.12. The number of hydrogen-bond acceptors (Lipinski definition) is 5. The molecule has 0 spiro atoms. The van der Waals surface area contributed by atoms with Crippen LogP contribution in [0.4, 0.5) is 11.5 Å². The Morgan fingerprint density at radius 1 is 1.03 bits per heavy atom. The molecule has 3 N–H and O–H groups in total. The first-order valence-corrected chi connectivity index (χ1v) is 12.0. The van der Waals surface area contributed by atoms with Crippen LogP contribution in [0.25, 0.3) is 0 Å². The van der Waals surface area contributed by atoms with Gasteiger partial charge in [-0.25, -0.2) is 4.98 Å². The summed E-state index contributed by atoms with van der Waals surface area (Å²) in [7, 11) is 0. The first kappa shape index (κ1) is 23.7. The molecule has 2 aliphatic rings. The number of carbonyl (C=O) groups excluding carboxylic acids is 2. The minimum absolute atomic E-state index is 0.0256. The number of hydrogen-bond donors (Lipinski definition) is 3. The van der Waals surface area contributed by atoms with E-state index in [1.807, 2.05) is 36.4 Å². The van der Waals surface area contributed by atoms with Gasteiger partial charge < -0.3 is 20.6 Å². The molecule has 2 heterocycles. The second-order valence-corrected chi connectivity index (χ2v) is 9.25. The predicted molar refractivity (Wildman–Crippen MR) is 130 cm³/mol. The third-order valence-electron chi connectivity index (χ3n) is 6.85. The normalized spacial score (nSPS) is 22.4. The van der Waals surface area contributed by atoms with E-state index < -0.39 is 5.97 Å². The van der Waals surface area contributed by atoms with E-state index in [9.17, 15) is 19.5 Å². The van der Waals surface area contributed by atoms with Crippen LogP contribution in [0.15, 0.2) is 48.7 Å². The monoisotopic (exact) mass is 464 g/mol. The lowest BCUT2D eigenvalue weighted by Gasteiger charge is -2.30. The highest BCUT2D eigenvalue weighted by molar-refractivity contribution is 6.00. The Bertz CT molecular complexity index is 1000. The number of carboxylic acids is 1. The quantitative estimate of drug-likeness (QED) is 0.551. The number of carbonyl (C=O) groups is 3. The van der Waals surface area contributed by atoms with Gasteiger partial charge in [-0.3, -0.25) is 14.4 Å². The number of rotatable bonds is 8. The standard InChI is InChI=1S/C26H32N4O4/c31-24(28-16-18-8-11-20(12-9-18)29-23-7-3-4-14-27-23)17-30-22-6-2-1-5-21(22)19(15-26(33)34)10-13-25(30)32/h1-7,14,18-20H,8-13,15-17H2,(H,27,29)(H,28,31)(H,33,34). The van der Waals surface area contributed by atoms with Crippen molar-refractivity contribution in [3.63, 3.8) is 0 Å². The smallest absolute Gasteiger partial charge is 0.303 e. The number of fused-ring (bicyclic) bond motifs is 1. The Balaban J connectivity index is 1.29. The zero-order valence-electron chi connectivity index (χ0n) is 19.3. The summed E-state index contributed by atoms with van der Waals surface area (Å²) in [5.41, 5.74) is 1.47. The minimum atomic E-state index is -0.886. The highest BCUT2D eigenvalue weighted by Crippen LogP contribution is 2.36. The lowest BCUT2D eigenvalue weighted by molar-refractivity contribution is -0.137. The lowest BCUT2D eigenvalue weighted by atomic mass is 9.86. The van der Waals surface area contributed by atoms with E-state index in [-0.39, 0.29) is 37.1 Å². The van der Waals surface area contributed by atoms with E-state index in [4.69, 9.17) is 0 Å². The molecule has 1 atom stereocenters. The Kier molecular flexibility index (Phi) is 7.77. The molecule has 1 unspecified atom stereocenters. The predicted octanol–water partition coefficient (Wildman–Crippen LogP) is 3.55. The molecule has 1 aromatic heterocycles. The van der Waals surface area contributed by atoms with Gasteiger partial charge in [0.1, 0.15) is 12.4 Å². The first-order chi connectivity index (χ1) is 16.5. The Morgan fingerprint density at radius 2 is 1.79 bits per heavy atom. The van der Waals surface area contributed by atoms with Gasteiger partial charge in [-0.2, -0.15) is 0 Å². The molecule has 0 saturated heterocycles. The van der Waals surface area contributed by atoms with Crippen LogP contribution >= 0.6 is 0 Å². The average molecular weight is 465 g/mol. The molecule has 180 valence electrons. The van der Waals surface area contributed by atoms with E-state index in [1.54, 1.807) is 12.3 Å². The molecule has 8 nitrogen and oxygen atoms in total. The van der Waals surface area contributed by atoms with Crippen molar-refractivity contribution in [1.29, 1.82) is 0 Å². The van der Waals surface area contributed by atoms with E-state index in [0.717, 1.165) is 37.1 Å². The number of nitrogens with one attached hydrogen (secondary N) is 2. The second-order valence-electron chi connectivity index (χ2n) is 9.25. The number of carboxylic acid groups (broad SMARTS) is 1. The molecular formula is C26H32N4O4. The van der Waals surface area contributed by atoms with Crippen molar-refractivity contribution >= 4 is 29.3 Å². The maximum Gasteiger partial charge on any atom is 0.303 e. The van der Waals surface area contributed by atoms with Crippen LogP contribution in [-0.4, -0.2) is 47.0 Å². The SMILES string of the molecule is O=C(O)CC1CCC(=O)N(CC(=O)NCC2CCC(Nc3ccccn3)CC2)c2ccccc21. The Morgan fingerprint density at radius 3 is 2.53 bits per heavy atom. The van der Waals surface area contributed by atoms with E-state index in [1.165, 1.54) is 4.90 Å². The van der Waals surface area contributed by atoms with E-state index >= 15 is 0 Å². The summed E-state index contributed by atoms with van der Waals surface area (Å²) in [6.45, 7) is 0.548. The summed E-state index contributed by atoms with van der Waals surface area (Å²) in [5, 5.41) is 15.8. The van der Waals surface area contributed by atoms with E-state index in [0.29, 0.717) is 30.6 Å². The molecule has 34 heavy (non-hydrogen) atoms. The molecule has 0 radical (unpaired) electrons. The van der Waals surface area contributed by atoms with Crippen molar-refractivity contribution in [3.8, 4) is 0 Å². The number of aromatic nitrogens is 1. The largest absolute Gasteiger partial charge is 0.481 e. The van der Waals surface area contributed by atoms with Gasteiger partial charge in [-0.1, -0.05) is 24.3 Å². The van der Waals surface area contributed by atoms with Gasteiger partial charge >= 0.3 is 5.97 Å². The summed E-state index contributed by atoms with van der Waals surface area (Å²) in [4.78, 5) is 42.7. The fourth-order valence-electron chi connectivity index (χ4n) is 5.02. The third-order valence-corrected chi connectivity index (χ3v) is 6.85. The number of para-hydroxylation sites is 1. The molecule has 1 fully saturated rings. The fourth-order valence-corrected chi connectivity index (χ4v) is 5.02. The highest BCUT2D eigenvalue weighted by atomic mass is 16.4. The van der Waals surface area contributed by atoms with Crippen molar-refractivity contribution in [2.45, 2.75) is 56.9 Å². The molecule has 2 aromatic rings. The number of nitrogens with zero attached hydrogens (tertiary/aromatic N) is 2. The van der Waals surface area contributed by atoms with E-state index in [2.05, 4.69) is 15.6 Å². The molecule has 8 heteroatoms. The number of benzene rings is 1. The summed E-state index contributed by atoms with van der Waals surface area (Å²) >= 11 is 0. The minimum Gasteiger partial charge on any atom is -0.481 e. The molecular weight excluding hydrogens is 432 g/mol. The maximum absolute atomic E-state index is 12.8. The zero-order chi connectivity index (χ0) is 23.9. The van der Waals surface area contributed by atoms with Crippen LogP contribution in [0.3, 0.4) is 0 Å². The van der Waals surface area contributed by atoms with Crippen LogP contribution in [0.2, 0.25) is 0 Å². The molecule has 4 rings (SSSR count). The summed E-state index contributed by atoms with van der Waals surface area (Å²) in [5.74, 6) is -0.140. The van der Waals surface area contributed by atoms with Gasteiger partial charge in [0, 0.05) is 30.9 Å². The molecule has 1 saturated carbocycles. The van der Waals surface area contributed by atoms with Crippen molar-refractivity contribution in [2.75, 3.05) is 23.3 Å². The van der Waals surface area contributed by atoms with Gasteiger partial charge in [0.25, 0.3) is 0 Å². The maximum atomic E-state index is 12.8. The second kappa shape index (κ2) is 11.1. The van der Waals surface area contributed by atoms with Gasteiger partial charge in [-0.15, -0.1) is 0 Å². The molecule has 1 aliphatic heterocycles. The summed E-state index contributed by atoms with van der Waals surface area (Å²) < 4.78 is 0. The number of aliphatic carboxylic acids is 1. The van der Waals surface area contributed by atoms with Gasteiger partial charge in [0.15, 0.2) is 0 Å². The topological polar surface area (TPSA) is 112 Å².